The Hall–Kier alpha value is -2.45. The quantitative estimate of drug-likeness (QED) is 0.337. The molecule has 1 aromatic rings. The fraction of sp³-hybridized carbons (Fsp3) is 0.286. The predicted molar refractivity (Wildman–Crippen MR) is 86.0 cm³/mol. The van der Waals surface area contributed by atoms with Gasteiger partial charge in [0.25, 0.3) is 0 Å². The molecule has 0 bridgehead atoms. The van der Waals surface area contributed by atoms with Crippen molar-refractivity contribution >= 4 is 40.7 Å². The number of hydrogen-bond donors (Lipinski definition) is 4. The lowest BCUT2D eigenvalue weighted by molar-refractivity contribution is -0.139. The van der Waals surface area contributed by atoms with Crippen LogP contribution in [0.2, 0.25) is 5.02 Å². The molecule has 0 aliphatic carbocycles. The number of nitrogens with one attached hydrogen (secondary N) is 3. The first-order valence-electron chi connectivity index (χ1n) is 6.70. The summed E-state index contributed by atoms with van der Waals surface area (Å²) in [5, 5.41) is 17.5. The highest BCUT2D eigenvalue weighted by Gasteiger charge is 2.12. The molecule has 9 heteroatoms. The average molecular weight is 341 g/mol. The number of carbonyl (C=O) groups excluding carboxylic acids is 3. The smallest absolute Gasteiger partial charge is 0.329 e. The summed E-state index contributed by atoms with van der Waals surface area (Å²) in [7, 11) is 0. The van der Waals surface area contributed by atoms with Crippen LogP contribution >= 0.6 is 11.6 Å². The lowest BCUT2D eigenvalue weighted by Gasteiger charge is -2.06. The lowest BCUT2D eigenvalue weighted by Crippen LogP contribution is -2.39. The number of benzene rings is 1. The molecule has 0 aromatic heterocycles. The summed E-state index contributed by atoms with van der Waals surface area (Å²) in [6, 6.07) is 6.66. The Morgan fingerprint density at radius 3 is 2.65 bits per heavy atom. The lowest BCUT2D eigenvalue weighted by atomic mass is 10.2. The molecule has 0 heterocycles. The largest absolute Gasteiger partial charge is 0.395 e. The van der Waals surface area contributed by atoms with E-state index in [0.717, 1.165) is 0 Å². The van der Waals surface area contributed by atoms with Crippen LogP contribution in [0, 0.1) is 0 Å². The fourth-order valence-corrected chi connectivity index (χ4v) is 1.68. The number of carbonyl (C=O) groups is 3. The van der Waals surface area contributed by atoms with Gasteiger partial charge in [-0.1, -0.05) is 17.7 Å². The van der Waals surface area contributed by atoms with Gasteiger partial charge >= 0.3 is 11.8 Å². The van der Waals surface area contributed by atoms with E-state index in [1.165, 1.54) is 6.92 Å². The summed E-state index contributed by atoms with van der Waals surface area (Å²) < 4.78 is 0. The summed E-state index contributed by atoms with van der Waals surface area (Å²) >= 11 is 5.81. The molecule has 8 nitrogen and oxygen atoms in total. The van der Waals surface area contributed by atoms with Gasteiger partial charge in [0.15, 0.2) is 0 Å². The summed E-state index contributed by atoms with van der Waals surface area (Å²) in [6.07, 6.45) is -0.0644. The van der Waals surface area contributed by atoms with Crippen molar-refractivity contribution in [1.82, 2.24) is 10.7 Å². The van der Waals surface area contributed by atoms with Gasteiger partial charge in [0.05, 0.1) is 13.0 Å². The monoisotopic (exact) mass is 340 g/mol. The third-order valence-corrected chi connectivity index (χ3v) is 2.71. The number of aliphatic hydroxyl groups excluding tert-OH is 1. The molecular weight excluding hydrogens is 324 g/mol. The second-order valence-corrected chi connectivity index (χ2v) is 4.94. The summed E-state index contributed by atoms with van der Waals surface area (Å²) in [5.41, 5.74) is 2.88. The van der Waals surface area contributed by atoms with Crippen LogP contribution in [0.15, 0.2) is 29.4 Å². The first-order chi connectivity index (χ1) is 10.9. The van der Waals surface area contributed by atoms with Gasteiger partial charge in [-0.2, -0.15) is 5.10 Å². The first-order valence-corrected chi connectivity index (χ1v) is 7.07. The van der Waals surface area contributed by atoms with Crippen LogP contribution in [0.1, 0.15) is 13.3 Å². The topological polar surface area (TPSA) is 120 Å². The number of aliphatic hydroxyl groups is 1. The maximum absolute atomic E-state index is 11.8. The molecular formula is C14H17ClN4O4. The number of amides is 3. The van der Waals surface area contributed by atoms with Crippen molar-refractivity contribution in [2.24, 2.45) is 5.10 Å². The highest BCUT2D eigenvalue weighted by atomic mass is 35.5. The van der Waals surface area contributed by atoms with Crippen LogP contribution < -0.4 is 16.1 Å². The van der Waals surface area contributed by atoms with E-state index < -0.39 is 11.8 Å². The van der Waals surface area contributed by atoms with Crippen LogP contribution in [0.25, 0.3) is 0 Å². The highest BCUT2D eigenvalue weighted by Crippen LogP contribution is 2.14. The molecule has 124 valence electrons. The maximum atomic E-state index is 11.8. The third kappa shape index (κ3) is 7.39. The van der Waals surface area contributed by atoms with Gasteiger partial charge in [0.1, 0.15) is 0 Å². The first kappa shape index (κ1) is 18.6. The van der Waals surface area contributed by atoms with Crippen molar-refractivity contribution < 1.29 is 19.5 Å². The summed E-state index contributed by atoms with van der Waals surface area (Å²) in [6.45, 7) is 1.23. The van der Waals surface area contributed by atoms with Crippen molar-refractivity contribution in [3.63, 3.8) is 0 Å². The predicted octanol–water partition coefficient (Wildman–Crippen LogP) is 0.269. The van der Waals surface area contributed by atoms with Crippen LogP contribution in [0.4, 0.5) is 5.69 Å². The zero-order chi connectivity index (χ0) is 17.2. The fourth-order valence-electron chi connectivity index (χ4n) is 1.49. The van der Waals surface area contributed by atoms with Crippen LogP contribution in [0.3, 0.4) is 0 Å². The second kappa shape index (κ2) is 9.54. The molecule has 0 fully saturated rings. The van der Waals surface area contributed by atoms with Crippen LogP contribution in [-0.2, 0) is 14.4 Å². The van der Waals surface area contributed by atoms with Gasteiger partial charge in [0.2, 0.25) is 5.91 Å². The number of nitrogens with zero attached hydrogens (tertiary/aromatic N) is 1. The molecule has 3 amide bonds. The van der Waals surface area contributed by atoms with E-state index in [-0.39, 0.29) is 25.5 Å². The van der Waals surface area contributed by atoms with E-state index in [1.54, 1.807) is 24.3 Å². The standard InChI is InChI=1S/C14H17ClN4O4/c1-9(18-19-14(23)13(22)16-5-6-20)7-12(21)17-11-4-2-3-10(15)8-11/h2-4,8,20H,5-7H2,1H3,(H,16,22)(H,17,21)(H,19,23)/b18-9+. The van der Waals surface area contributed by atoms with Crippen molar-refractivity contribution in [3.05, 3.63) is 29.3 Å². The zero-order valence-corrected chi connectivity index (χ0v) is 13.2. The van der Waals surface area contributed by atoms with Crippen LogP contribution in [-0.4, -0.2) is 41.7 Å². The number of rotatable bonds is 6. The van der Waals surface area contributed by atoms with Crippen molar-refractivity contribution in [3.8, 4) is 0 Å². The molecule has 0 atom stereocenters. The molecule has 23 heavy (non-hydrogen) atoms. The Bertz CT molecular complexity index is 619. The minimum atomic E-state index is -0.979. The molecule has 4 N–H and O–H groups in total. The SMILES string of the molecule is C/C(CC(=O)Nc1cccc(Cl)c1)=N\NC(=O)C(=O)NCCO. The Kier molecular flexibility index (Phi) is 7.72. The van der Waals surface area contributed by atoms with Crippen molar-refractivity contribution in [1.29, 1.82) is 0 Å². The Morgan fingerprint density at radius 1 is 1.26 bits per heavy atom. The molecule has 0 spiro atoms. The molecule has 1 aromatic carbocycles. The van der Waals surface area contributed by atoms with E-state index in [1.807, 2.05) is 5.43 Å². The Morgan fingerprint density at radius 2 is 2.00 bits per heavy atom. The second-order valence-electron chi connectivity index (χ2n) is 4.50. The molecule has 0 aliphatic rings. The van der Waals surface area contributed by atoms with Gasteiger partial charge in [-0.15, -0.1) is 0 Å². The Balaban J connectivity index is 2.45. The van der Waals surface area contributed by atoms with Gasteiger partial charge < -0.3 is 15.7 Å². The minimum absolute atomic E-state index is 0.0308. The third-order valence-electron chi connectivity index (χ3n) is 2.48. The molecule has 0 radical (unpaired) electrons. The van der Waals surface area contributed by atoms with E-state index in [2.05, 4.69) is 15.7 Å². The molecule has 1 rings (SSSR count). The number of halogens is 1. The maximum Gasteiger partial charge on any atom is 0.329 e. The zero-order valence-electron chi connectivity index (χ0n) is 12.4. The molecule has 0 unspecified atom stereocenters. The van der Waals surface area contributed by atoms with Crippen LogP contribution in [0.5, 0.6) is 0 Å². The number of hydrogen-bond acceptors (Lipinski definition) is 5. The molecule has 0 saturated heterocycles. The van der Waals surface area contributed by atoms with E-state index in [4.69, 9.17) is 16.7 Å². The van der Waals surface area contributed by atoms with Gasteiger partial charge in [0, 0.05) is 23.0 Å². The molecule has 0 aliphatic heterocycles. The number of hydrazone groups is 1. The summed E-state index contributed by atoms with van der Waals surface area (Å²) in [4.78, 5) is 34.4. The van der Waals surface area contributed by atoms with Crippen molar-refractivity contribution in [2.45, 2.75) is 13.3 Å². The van der Waals surface area contributed by atoms with E-state index in [9.17, 15) is 14.4 Å². The molecule has 0 saturated carbocycles. The summed E-state index contributed by atoms with van der Waals surface area (Å²) in [5.74, 6) is -2.24. The average Bonchev–Trinajstić information content (AvgIpc) is 2.50. The van der Waals surface area contributed by atoms with Gasteiger partial charge in [-0.25, -0.2) is 5.43 Å². The number of anilines is 1. The normalized spacial score (nSPS) is 10.8. The highest BCUT2D eigenvalue weighted by molar-refractivity contribution is 6.35. The van der Waals surface area contributed by atoms with Gasteiger partial charge in [-0.05, 0) is 25.1 Å². The van der Waals surface area contributed by atoms with E-state index in [0.29, 0.717) is 16.4 Å². The van der Waals surface area contributed by atoms with Crippen molar-refractivity contribution in [2.75, 3.05) is 18.5 Å². The van der Waals surface area contributed by atoms with Gasteiger partial charge in [-0.3, -0.25) is 14.4 Å². The van der Waals surface area contributed by atoms with E-state index >= 15 is 0 Å². The Labute approximate surface area is 137 Å². The minimum Gasteiger partial charge on any atom is -0.395 e.